The lowest BCUT2D eigenvalue weighted by Crippen LogP contribution is -2.29. The van der Waals surface area contributed by atoms with Crippen molar-refractivity contribution in [2.45, 2.75) is 0 Å². The fourth-order valence-corrected chi connectivity index (χ4v) is 8.37. The third kappa shape index (κ3) is 6.97. The third-order valence-electron chi connectivity index (χ3n) is 7.08. The molecule has 8 heteroatoms. The van der Waals surface area contributed by atoms with Crippen LogP contribution in [0.5, 0.6) is 0 Å². The zero-order valence-electron chi connectivity index (χ0n) is 23.1. The molecule has 44 heavy (non-hydrogen) atoms. The highest BCUT2D eigenvalue weighted by molar-refractivity contribution is 14.1. The van der Waals surface area contributed by atoms with Crippen molar-refractivity contribution in [3.8, 4) is 11.1 Å². The number of rotatable bonds is 2. The second kappa shape index (κ2) is 14.2. The second-order valence-corrected chi connectivity index (χ2v) is 15.1. The Bertz CT molecular complexity index is 2170. The molecule has 0 radical (unpaired) electrons. The smallest absolute Gasteiger partial charge is 0.423 e. The Balaban J connectivity index is 0.000000128. The molecule has 0 saturated heterocycles. The first-order valence-corrected chi connectivity index (χ1v) is 18.0. The van der Waals surface area contributed by atoms with E-state index in [0.717, 1.165) is 19.0 Å². The Hall–Kier alpha value is -2.57. The average molecular weight is 850 g/mol. The van der Waals surface area contributed by atoms with Gasteiger partial charge in [-0.15, -0.1) is 22.7 Å². The molecular formula is C36H24BBr2IO2S2. The summed E-state index contributed by atoms with van der Waals surface area (Å²) in [5.74, 6) is 0. The van der Waals surface area contributed by atoms with Gasteiger partial charge in [-0.1, -0.05) is 117 Å². The molecule has 0 unspecified atom stereocenters. The van der Waals surface area contributed by atoms with E-state index in [-0.39, 0.29) is 0 Å². The van der Waals surface area contributed by atoms with Crippen LogP contribution in [0, 0.1) is 3.57 Å². The van der Waals surface area contributed by atoms with Gasteiger partial charge in [-0.05, 0) is 93.1 Å². The van der Waals surface area contributed by atoms with Crippen LogP contribution in [-0.2, 0) is 0 Å². The lowest BCUT2D eigenvalue weighted by Gasteiger charge is -2.03. The minimum absolute atomic E-state index is 0.582. The lowest BCUT2D eigenvalue weighted by molar-refractivity contribution is 0.426. The van der Waals surface area contributed by atoms with Crippen LogP contribution in [0.4, 0.5) is 0 Å². The lowest BCUT2D eigenvalue weighted by atomic mass is 9.80. The standard InChI is InChI=1S/C18H11BrS.C12H9BO2S.C6H4BrI/c19-13-10-8-12(9-11-13)14-5-3-6-16-15-4-1-2-7-17(15)20-18(14)16;14-13(15)10-6-3-5-9-8-4-1-2-7-11(8)16-12(9)10;7-5-1-3-6(8)4-2-5/h1-11H;1-7,14-15H;1-4H. The van der Waals surface area contributed by atoms with Gasteiger partial charge < -0.3 is 10.0 Å². The number of benzene rings is 6. The molecule has 8 rings (SSSR count). The zero-order chi connectivity index (χ0) is 30.6. The molecule has 0 saturated carbocycles. The van der Waals surface area contributed by atoms with Gasteiger partial charge in [0.2, 0.25) is 0 Å². The van der Waals surface area contributed by atoms with E-state index in [4.69, 9.17) is 0 Å². The van der Waals surface area contributed by atoms with Crippen molar-refractivity contribution in [3.63, 3.8) is 0 Å². The quantitative estimate of drug-likeness (QED) is 0.134. The van der Waals surface area contributed by atoms with Crippen molar-refractivity contribution in [2.75, 3.05) is 0 Å². The van der Waals surface area contributed by atoms with Crippen molar-refractivity contribution < 1.29 is 10.0 Å². The zero-order valence-corrected chi connectivity index (χ0v) is 30.1. The summed E-state index contributed by atoms with van der Waals surface area (Å²) in [7, 11) is -1.41. The Labute approximate surface area is 294 Å². The predicted octanol–water partition coefficient (Wildman–Crippen LogP) is 11.3. The summed E-state index contributed by atoms with van der Waals surface area (Å²) in [5, 5.41) is 23.6. The van der Waals surface area contributed by atoms with Crippen molar-refractivity contribution in [1.82, 2.24) is 0 Å². The predicted molar refractivity (Wildman–Crippen MR) is 208 cm³/mol. The van der Waals surface area contributed by atoms with E-state index in [2.05, 4.69) is 139 Å². The first kappa shape index (κ1) is 31.4. The fraction of sp³-hybridized carbons (Fsp3) is 0. The average Bonchev–Trinajstić information content (AvgIpc) is 3.62. The Morgan fingerprint density at radius 2 is 0.977 bits per heavy atom. The van der Waals surface area contributed by atoms with Crippen LogP contribution >= 0.6 is 77.1 Å². The molecule has 2 aromatic heterocycles. The van der Waals surface area contributed by atoms with Crippen LogP contribution in [0.25, 0.3) is 51.5 Å². The summed E-state index contributed by atoms with van der Waals surface area (Å²) in [6.07, 6.45) is 0. The summed E-state index contributed by atoms with van der Waals surface area (Å²) >= 11 is 12.6. The Kier molecular flexibility index (Phi) is 10.2. The SMILES string of the molecule is Brc1ccc(-c2cccc3c2sc2ccccc23)cc1.Brc1ccc(I)cc1.OB(O)c1cccc2c1sc1ccccc12. The fourth-order valence-electron chi connectivity index (χ4n) is 5.01. The van der Waals surface area contributed by atoms with Crippen molar-refractivity contribution in [3.05, 3.63) is 146 Å². The molecule has 2 nitrogen and oxygen atoms in total. The van der Waals surface area contributed by atoms with Gasteiger partial charge in [-0.25, -0.2) is 0 Å². The second-order valence-electron chi connectivity index (χ2n) is 9.92. The number of thiophene rings is 2. The van der Waals surface area contributed by atoms with Crippen molar-refractivity contribution in [1.29, 1.82) is 0 Å². The molecule has 216 valence electrons. The van der Waals surface area contributed by atoms with E-state index in [9.17, 15) is 10.0 Å². The molecular weight excluding hydrogens is 826 g/mol. The summed E-state index contributed by atoms with van der Waals surface area (Å²) in [6, 6.07) is 45.6. The molecule has 6 aromatic carbocycles. The monoisotopic (exact) mass is 848 g/mol. The van der Waals surface area contributed by atoms with Gasteiger partial charge in [0.25, 0.3) is 0 Å². The van der Waals surface area contributed by atoms with E-state index in [0.29, 0.717) is 5.46 Å². The molecule has 8 aromatic rings. The highest BCUT2D eigenvalue weighted by atomic mass is 127. The maximum atomic E-state index is 9.31. The summed E-state index contributed by atoms with van der Waals surface area (Å²) in [4.78, 5) is 0. The number of hydrogen-bond acceptors (Lipinski definition) is 4. The topological polar surface area (TPSA) is 40.5 Å². The maximum Gasteiger partial charge on any atom is 0.489 e. The molecule has 0 aliphatic heterocycles. The molecule has 0 fully saturated rings. The molecule has 0 atom stereocenters. The normalized spacial score (nSPS) is 10.8. The third-order valence-corrected chi connectivity index (χ3v) is 11.3. The first-order chi connectivity index (χ1) is 21.4. The van der Waals surface area contributed by atoms with Crippen LogP contribution in [0.3, 0.4) is 0 Å². The summed E-state index contributed by atoms with van der Waals surface area (Å²) < 4.78 is 8.38. The number of halogens is 3. The number of fused-ring (bicyclic) bond motifs is 6. The highest BCUT2D eigenvalue weighted by Gasteiger charge is 2.17. The van der Waals surface area contributed by atoms with E-state index < -0.39 is 7.12 Å². The van der Waals surface area contributed by atoms with Crippen LogP contribution in [0.1, 0.15) is 0 Å². The van der Waals surface area contributed by atoms with E-state index in [1.165, 1.54) is 45.0 Å². The maximum absolute atomic E-state index is 9.31. The van der Waals surface area contributed by atoms with Crippen LogP contribution in [0.2, 0.25) is 0 Å². The number of hydrogen-bond donors (Lipinski definition) is 2. The molecule has 2 heterocycles. The molecule has 0 spiro atoms. The molecule has 0 bridgehead atoms. The molecule has 2 N–H and O–H groups in total. The van der Waals surface area contributed by atoms with Gasteiger partial charge in [0.1, 0.15) is 0 Å². The van der Waals surface area contributed by atoms with Crippen molar-refractivity contribution >= 4 is 130 Å². The first-order valence-electron chi connectivity index (χ1n) is 13.7. The minimum atomic E-state index is -1.41. The minimum Gasteiger partial charge on any atom is -0.423 e. The van der Waals surface area contributed by atoms with E-state index in [1.54, 1.807) is 17.4 Å². The van der Waals surface area contributed by atoms with E-state index >= 15 is 0 Å². The molecule has 0 aliphatic rings. The van der Waals surface area contributed by atoms with Gasteiger partial charge >= 0.3 is 7.12 Å². The summed E-state index contributed by atoms with van der Waals surface area (Å²) in [5.41, 5.74) is 3.17. The van der Waals surface area contributed by atoms with Crippen LogP contribution < -0.4 is 5.46 Å². The molecule has 0 amide bonds. The van der Waals surface area contributed by atoms with E-state index in [1.807, 2.05) is 53.8 Å². The van der Waals surface area contributed by atoms with Gasteiger partial charge in [0, 0.05) is 47.5 Å². The van der Waals surface area contributed by atoms with Gasteiger partial charge in [0.05, 0.1) is 0 Å². The largest absolute Gasteiger partial charge is 0.489 e. The van der Waals surface area contributed by atoms with Crippen LogP contribution in [-0.4, -0.2) is 17.2 Å². The Morgan fingerprint density at radius 3 is 1.55 bits per heavy atom. The van der Waals surface area contributed by atoms with Gasteiger partial charge in [0.15, 0.2) is 0 Å². The van der Waals surface area contributed by atoms with Gasteiger partial charge in [-0.2, -0.15) is 0 Å². The molecule has 0 aliphatic carbocycles. The summed E-state index contributed by atoms with van der Waals surface area (Å²) in [6.45, 7) is 0. The Morgan fingerprint density at radius 1 is 0.500 bits per heavy atom. The van der Waals surface area contributed by atoms with Crippen LogP contribution in [0.15, 0.2) is 142 Å². The van der Waals surface area contributed by atoms with Gasteiger partial charge in [-0.3, -0.25) is 0 Å². The highest BCUT2D eigenvalue weighted by Crippen LogP contribution is 2.39. The van der Waals surface area contributed by atoms with Crippen molar-refractivity contribution in [2.24, 2.45) is 0 Å².